The number of hydrogen-bond donors (Lipinski definition) is 2. The molecule has 0 radical (unpaired) electrons. The minimum atomic E-state index is -0.703. The van der Waals surface area contributed by atoms with Gasteiger partial charge in [-0.2, -0.15) is 0 Å². The minimum absolute atomic E-state index is 0.0148. The number of amides is 2. The van der Waals surface area contributed by atoms with Gasteiger partial charge in [0.25, 0.3) is 0 Å². The molecule has 3 rings (SSSR count). The van der Waals surface area contributed by atoms with Crippen molar-refractivity contribution in [1.29, 1.82) is 0 Å². The second-order valence-electron chi connectivity index (χ2n) is 6.51. The quantitative estimate of drug-likeness (QED) is 0.475. The summed E-state index contributed by atoms with van der Waals surface area (Å²) in [6.07, 6.45) is 1.14. The van der Waals surface area contributed by atoms with E-state index in [1.54, 1.807) is 12.4 Å². The molecule has 2 aromatic rings. The van der Waals surface area contributed by atoms with Gasteiger partial charge >= 0.3 is 11.8 Å². The number of nitrogens with one attached hydrogen (secondary N) is 1. The third kappa shape index (κ3) is 3.34. The molecule has 6 nitrogen and oxygen atoms in total. The van der Waals surface area contributed by atoms with Crippen LogP contribution in [0.2, 0.25) is 0 Å². The van der Waals surface area contributed by atoms with E-state index in [2.05, 4.69) is 0 Å². The van der Waals surface area contributed by atoms with Gasteiger partial charge in [0.2, 0.25) is 0 Å². The van der Waals surface area contributed by atoms with Crippen molar-refractivity contribution in [3.8, 4) is 5.75 Å². The highest BCUT2D eigenvalue weighted by Crippen LogP contribution is 2.35. The summed E-state index contributed by atoms with van der Waals surface area (Å²) in [5.74, 6) is 0.116. The molecule has 2 aromatic carbocycles. The van der Waals surface area contributed by atoms with E-state index in [0.29, 0.717) is 31.7 Å². The van der Waals surface area contributed by atoms with Crippen LogP contribution in [-0.2, 0) is 16.2 Å². The maximum Gasteiger partial charge on any atom is 0.319 e. The SMILES string of the molecule is CC(C(=O)NO)[N+]1(c2ccc(OCc3ccccc3)cc2)CCCC1=O. The standard InChI is InChI=1S/C20H22N2O4/c1-15(20(24)21-25)22(13-5-8-19(22)23)17-9-11-18(12-10-17)26-14-16-6-3-2-4-7-16/h2-4,6-7,9-12,15H,5,8,13-14H2,1H3,(H-,21,24,25)/p+1. The maximum atomic E-state index is 12.6. The predicted octanol–water partition coefficient (Wildman–Crippen LogP) is 2.79. The van der Waals surface area contributed by atoms with Crippen molar-refractivity contribution < 1.29 is 19.5 Å². The molecular formula is C20H23N2O4+. The second kappa shape index (κ2) is 7.68. The first-order valence-corrected chi connectivity index (χ1v) is 8.70. The number of carbonyl (C=O) groups excluding carboxylic acids is 2. The molecule has 0 spiro atoms. The second-order valence-corrected chi connectivity index (χ2v) is 6.51. The molecule has 6 heteroatoms. The van der Waals surface area contributed by atoms with Crippen LogP contribution in [0.4, 0.5) is 5.69 Å². The lowest BCUT2D eigenvalue weighted by Gasteiger charge is -2.35. The van der Waals surface area contributed by atoms with Crippen LogP contribution in [0.3, 0.4) is 0 Å². The first-order chi connectivity index (χ1) is 12.6. The maximum absolute atomic E-state index is 12.6. The fourth-order valence-electron chi connectivity index (χ4n) is 3.55. The first-order valence-electron chi connectivity index (χ1n) is 8.70. The van der Waals surface area contributed by atoms with E-state index in [1.165, 1.54) is 0 Å². The molecule has 1 fully saturated rings. The Hall–Kier alpha value is -2.70. The Kier molecular flexibility index (Phi) is 5.35. The topological polar surface area (TPSA) is 75.6 Å². The molecule has 2 unspecified atom stereocenters. The average Bonchev–Trinajstić information content (AvgIpc) is 3.08. The Balaban J connectivity index is 1.80. The average molecular weight is 355 g/mol. The van der Waals surface area contributed by atoms with Gasteiger partial charge < -0.3 is 4.74 Å². The minimum Gasteiger partial charge on any atom is -0.489 e. The van der Waals surface area contributed by atoms with E-state index >= 15 is 0 Å². The summed E-state index contributed by atoms with van der Waals surface area (Å²) < 4.78 is 5.71. The number of benzene rings is 2. The fourth-order valence-corrected chi connectivity index (χ4v) is 3.55. The molecule has 0 aliphatic carbocycles. The van der Waals surface area contributed by atoms with Crippen LogP contribution in [0, 0.1) is 0 Å². The molecule has 1 aliphatic rings. The summed E-state index contributed by atoms with van der Waals surface area (Å²) in [4.78, 5) is 24.6. The number of hydroxylamine groups is 1. The van der Waals surface area contributed by atoms with Crippen molar-refractivity contribution in [2.75, 3.05) is 6.54 Å². The van der Waals surface area contributed by atoms with Gasteiger partial charge in [0.1, 0.15) is 18.0 Å². The zero-order valence-electron chi connectivity index (χ0n) is 14.7. The highest BCUT2D eigenvalue weighted by molar-refractivity contribution is 5.97. The van der Waals surface area contributed by atoms with Crippen LogP contribution < -0.4 is 14.7 Å². The lowest BCUT2D eigenvalue weighted by atomic mass is 10.1. The van der Waals surface area contributed by atoms with Gasteiger partial charge in [-0.05, 0) is 24.6 Å². The number of rotatable bonds is 6. The molecule has 26 heavy (non-hydrogen) atoms. The third-order valence-electron chi connectivity index (χ3n) is 5.04. The highest BCUT2D eigenvalue weighted by Gasteiger charge is 2.50. The zero-order chi connectivity index (χ0) is 18.6. The van der Waals surface area contributed by atoms with Gasteiger partial charge in [-0.15, -0.1) is 0 Å². The summed E-state index contributed by atoms with van der Waals surface area (Å²) in [6.45, 7) is 2.66. The molecule has 1 saturated heterocycles. The lowest BCUT2D eigenvalue weighted by Crippen LogP contribution is -2.61. The van der Waals surface area contributed by atoms with Gasteiger partial charge in [0.15, 0.2) is 6.04 Å². The first kappa shape index (κ1) is 18.1. The number of likely N-dealkylation sites (tertiary alicyclic amines) is 1. The Morgan fingerprint density at radius 1 is 1.19 bits per heavy atom. The van der Waals surface area contributed by atoms with Gasteiger partial charge in [-0.1, -0.05) is 30.3 Å². The molecule has 0 saturated carbocycles. The van der Waals surface area contributed by atoms with Crippen LogP contribution >= 0.6 is 0 Å². The third-order valence-corrected chi connectivity index (χ3v) is 5.04. The molecule has 1 aliphatic heterocycles. The Morgan fingerprint density at radius 2 is 1.88 bits per heavy atom. The summed E-state index contributed by atoms with van der Waals surface area (Å²) >= 11 is 0. The van der Waals surface area contributed by atoms with Crippen LogP contribution in [0.5, 0.6) is 5.75 Å². The monoisotopic (exact) mass is 355 g/mol. The highest BCUT2D eigenvalue weighted by atomic mass is 16.5. The van der Waals surface area contributed by atoms with Crippen molar-refractivity contribution in [2.45, 2.75) is 32.4 Å². The van der Waals surface area contributed by atoms with Crippen LogP contribution in [-0.4, -0.2) is 29.6 Å². The van der Waals surface area contributed by atoms with Crippen LogP contribution in [0.1, 0.15) is 25.3 Å². The van der Waals surface area contributed by atoms with E-state index in [4.69, 9.17) is 9.94 Å². The predicted molar refractivity (Wildman–Crippen MR) is 97.5 cm³/mol. The van der Waals surface area contributed by atoms with Crippen LogP contribution in [0.25, 0.3) is 0 Å². The van der Waals surface area contributed by atoms with Gasteiger partial charge in [-0.3, -0.25) is 10.0 Å². The van der Waals surface area contributed by atoms with E-state index < -0.39 is 11.9 Å². The van der Waals surface area contributed by atoms with E-state index in [9.17, 15) is 9.59 Å². The van der Waals surface area contributed by atoms with Gasteiger partial charge in [0.05, 0.1) is 13.0 Å². The number of hydrogen-bond acceptors (Lipinski definition) is 4. The summed E-state index contributed by atoms with van der Waals surface area (Å²) in [6, 6.07) is 16.4. The molecule has 0 aromatic heterocycles. The molecule has 1 heterocycles. The van der Waals surface area contributed by atoms with Crippen LogP contribution in [0.15, 0.2) is 54.6 Å². The van der Waals surface area contributed by atoms with Gasteiger partial charge in [0, 0.05) is 18.6 Å². The lowest BCUT2D eigenvalue weighted by molar-refractivity contribution is -0.140. The van der Waals surface area contributed by atoms with Crippen molar-refractivity contribution in [3.63, 3.8) is 0 Å². The van der Waals surface area contributed by atoms with Gasteiger partial charge in [-0.25, -0.2) is 14.8 Å². The number of ether oxygens (including phenoxy) is 1. The zero-order valence-corrected chi connectivity index (χ0v) is 14.7. The summed E-state index contributed by atoms with van der Waals surface area (Å²) in [5.41, 5.74) is 3.48. The van der Waals surface area contributed by atoms with Crippen molar-refractivity contribution in [1.82, 2.24) is 9.96 Å². The smallest absolute Gasteiger partial charge is 0.319 e. The summed E-state index contributed by atoms with van der Waals surface area (Å²) in [7, 11) is 0. The van der Waals surface area contributed by atoms with E-state index in [0.717, 1.165) is 11.3 Å². The van der Waals surface area contributed by atoms with Crippen molar-refractivity contribution >= 4 is 17.5 Å². The van der Waals surface area contributed by atoms with E-state index in [1.807, 2.05) is 54.6 Å². The summed E-state index contributed by atoms with van der Waals surface area (Å²) in [5, 5.41) is 8.99. The normalized spacial score (nSPS) is 20.6. The molecule has 2 N–H and O–H groups in total. The number of quaternary nitrogens is 1. The van der Waals surface area contributed by atoms with Crippen molar-refractivity contribution in [3.05, 3.63) is 60.2 Å². The Morgan fingerprint density at radius 3 is 2.46 bits per heavy atom. The molecule has 136 valence electrons. The fraction of sp³-hybridized carbons (Fsp3) is 0.300. The van der Waals surface area contributed by atoms with E-state index in [-0.39, 0.29) is 10.4 Å². The number of carbonyl (C=O) groups is 2. The molecule has 2 atom stereocenters. The largest absolute Gasteiger partial charge is 0.489 e. The molecule has 2 amide bonds. The van der Waals surface area contributed by atoms with Crippen molar-refractivity contribution in [2.24, 2.45) is 0 Å². The molecule has 0 bridgehead atoms. The Bertz CT molecular complexity index is 776. The number of nitrogens with zero attached hydrogens (tertiary/aromatic N) is 1. The molecular weight excluding hydrogens is 332 g/mol. The Labute approximate surface area is 152 Å².